The lowest BCUT2D eigenvalue weighted by atomic mass is 9.77. The van der Waals surface area contributed by atoms with Crippen molar-refractivity contribution in [2.75, 3.05) is 0 Å². The van der Waals surface area contributed by atoms with E-state index in [1.54, 1.807) is 0 Å². The summed E-state index contributed by atoms with van der Waals surface area (Å²) in [6.45, 7) is 4.42. The van der Waals surface area contributed by atoms with Gasteiger partial charge in [-0.25, -0.2) is 0 Å². The number of rotatable bonds is 9. The topological polar surface area (TPSA) is 38.9 Å². The fourth-order valence-corrected chi connectivity index (χ4v) is 4.92. The van der Waals surface area contributed by atoms with Gasteiger partial charge >= 0.3 is 0 Å². The smallest absolute Gasteiger partial charge is 0.257 e. The predicted octanol–water partition coefficient (Wildman–Crippen LogP) is 8.21. The Balaban J connectivity index is 1.35. The first-order chi connectivity index (χ1) is 15.3. The number of hydrogen-bond donors (Lipinski definition) is 0. The van der Waals surface area contributed by atoms with Gasteiger partial charge in [0.15, 0.2) is 5.82 Å². The maximum Gasteiger partial charge on any atom is 0.257 e. The molecule has 0 aliphatic heterocycles. The molecule has 1 heterocycles. The van der Waals surface area contributed by atoms with E-state index in [0.717, 1.165) is 36.1 Å². The van der Waals surface area contributed by atoms with E-state index in [4.69, 9.17) is 4.52 Å². The molecular formula is C28H36N2O. The van der Waals surface area contributed by atoms with Gasteiger partial charge in [-0.05, 0) is 72.8 Å². The monoisotopic (exact) mass is 416 g/mol. The maximum absolute atomic E-state index is 5.41. The zero-order valence-electron chi connectivity index (χ0n) is 19.1. The zero-order chi connectivity index (χ0) is 21.5. The molecule has 4 rings (SSSR count). The van der Waals surface area contributed by atoms with E-state index in [1.807, 2.05) is 0 Å². The van der Waals surface area contributed by atoms with Crippen molar-refractivity contribution in [2.45, 2.75) is 84.0 Å². The van der Waals surface area contributed by atoms with Crippen LogP contribution in [0.3, 0.4) is 0 Å². The Kier molecular flexibility index (Phi) is 7.56. The molecule has 0 radical (unpaired) electrons. The van der Waals surface area contributed by atoms with Crippen molar-refractivity contribution in [3.8, 4) is 22.6 Å². The Morgan fingerprint density at radius 1 is 0.774 bits per heavy atom. The number of aromatic nitrogens is 2. The summed E-state index contributed by atoms with van der Waals surface area (Å²) in [5.41, 5.74) is 4.98. The van der Waals surface area contributed by atoms with Crippen LogP contribution in [0.15, 0.2) is 53.1 Å². The summed E-state index contributed by atoms with van der Waals surface area (Å²) in [5, 5.41) is 4.05. The first-order valence-corrected chi connectivity index (χ1v) is 12.3. The van der Waals surface area contributed by atoms with Crippen LogP contribution in [0.1, 0.15) is 88.9 Å². The maximum atomic E-state index is 5.41. The molecule has 1 aromatic heterocycles. The van der Waals surface area contributed by atoms with Gasteiger partial charge in [0.25, 0.3) is 5.89 Å². The molecule has 0 unspecified atom stereocenters. The van der Waals surface area contributed by atoms with Crippen LogP contribution >= 0.6 is 0 Å². The highest BCUT2D eigenvalue weighted by Gasteiger charge is 2.22. The number of benzene rings is 2. The van der Waals surface area contributed by atoms with Crippen LogP contribution in [0.2, 0.25) is 0 Å². The second-order valence-electron chi connectivity index (χ2n) is 9.18. The van der Waals surface area contributed by atoms with Crippen molar-refractivity contribution < 1.29 is 4.52 Å². The first kappa shape index (κ1) is 21.8. The van der Waals surface area contributed by atoms with Crippen molar-refractivity contribution in [3.05, 3.63) is 59.9 Å². The first-order valence-electron chi connectivity index (χ1n) is 12.3. The molecule has 1 fully saturated rings. The Morgan fingerprint density at radius 2 is 1.42 bits per heavy atom. The standard InChI is InChI=1S/C28H36N2O/c1-3-5-6-8-21-9-11-22(12-10-21)23-13-15-24(16-14-23)25-17-19-26(20-18-25)28-29-27(7-4-2)30-31-28/h13-22H,3-12H2,1-2H3. The minimum atomic E-state index is 0.607. The van der Waals surface area contributed by atoms with Crippen molar-refractivity contribution in [2.24, 2.45) is 5.92 Å². The molecule has 1 saturated carbocycles. The van der Waals surface area contributed by atoms with E-state index in [0.29, 0.717) is 5.89 Å². The van der Waals surface area contributed by atoms with Crippen molar-refractivity contribution in [1.29, 1.82) is 0 Å². The highest BCUT2D eigenvalue weighted by Crippen LogP contribution is 2.38. The summed E-state index contributed by atoms with van der Waals surface area (Å²) in [6.07, 6.45) is 13.0. The van der Waals surface area contributed by atoms with E-state index in [2.05, 4.69) is 72.5 Å². The molecule has 0 bridgehead atoms. The average Bonchev–Trinajstić information content (AvgIpc) is 3.29. The van der Waals surface area contributed by atoms with Crippen LogP contribution in [0, 0.1) is 5.92 Å². The fourth-order valence-electron chi connectivity index (χ4n) is 4.92. The predicted molar refractivity (Wildman–Crippen MR) is 128 cm³/mol. The Bertz CT molecular complexity index is 918. The van der Waals surface area contributed by atoms with Crippen LogP contribution < -0.4 is 0 Å². The zero-order valence-corrected chi connectivity index (χ0v) is 19.1. The van der Waals surface area contributed by atoms with Crippen LogP contribution in [0.5, 0.6) is 0 Å². The summed E-state index contributed by atoms with van der Waals surface area (Å²) in [6, 6.07) is 17.7. The lowest BCUT2D eigenvalue weighted by Gasteiger charge is -2.29. The summed E-state index contributed by atoms with van der Waals surface area (Å²) < 4.78 is 5.41. The van der Waals surface area contributed by atoms with Crippen molar-refractivity contribution >= 4 is 0 Å². The molecule has 3 heteroatoms. The number of aryl methyl sites for hydroxylation is 1. The van der Waals surface area contributed by atoms with Crippen LogP contribution in [0.25, 0.3) is 22.6 Å². The van der Waals surface area contributed by atoms with E-state index < -0.39 is 0 Å². The van der Waals surface area contributed by atoms with Gasteiger partial charge < -0.3 is 4.52 Å². The fraction of sp³-hybridized carbons (Fsp3) is 0.500. The summed E-state index contributed by atoms with van der Waals surface area (Å²) in [4.78, 5) is 4.48. The average molecular weight is 417 g/mol. The quantitative estimate of drug-likeness (QED) is 0.330. The number of nitrogens with zero attached hydrogens (tertiary/aromatic N) is 2. The SMILES string of the molecule is CCCCCC1CCC(c2ccc(-c3ccc(-c4nc(CCC)no4)cc3)cc2)CC1. The number of unbranched alkanes of at least 4 members (excludes halogenated alkanes) is 2. The summed E-state index contributed by atoms with van der Waals surface area (Å²) >= 11 is 0. The van der Waals surface area contributed by atoms with Gasteiger partial charge in [0, 0.05) is 12.0 Å². The molecule has 3 aromatic rings. The van der Waals surface area contributed by atoms with Gasteiger partial charge in [-0.3, -0.25) is 0 Å². The van der Waals surface area contributed by atoms with Gasteiger partial charge in [-0.15, -0.1) is 0 Å². The minimum Gasteiger partial charge on any atom is -0.334 e. The van der Waals surface area contributed by atoms with E-state index in [1.165, 1.54) is 68.1 Å². The lowest BCUT2D eigenvalue weighted by molar-refractivity contribution is 0.303. The van der Waals surface area contributed by atoms with Gasteiger partial charge in [0.05, 0.1) is 0 Å². The third-order valence-corrected chi connectivity index (χ3v) is 6.85. The van der Waals surface area contributed by atoms with Gasteiger partial charge in [0.2, 0.25) is 0 Å². The van der Waals surface area contributed by atoms with E-state index >= 15 is 0 Å². The number of hydrogen-bond acceptors (Lipinski definition) is 3. The molecule has 0 amide bonds. The van der Waals surface area contributed by atoms with Gasteiger partial charge in [-0.1, -0.05) is 81.1 Å². The molecule has 0 spiro atoms. The lowest BCUT2D eigenvalue weighted by Crippen LogP contribution is -2.13. The van der Waals surface area contributed by atoms with E-state index in [9.17, 15) is 0 Å². The normalized spacial score (nSPS) is 18.9. The Labute approximate surface area is 187 Å². The minimum absolute atomic E-state index is 0.607. The van der Waals surface area contributed by atoms with Crippen LogP contribution in [-0.2, 0) is 6.42 Å². The second kappa shape index (κ2) is 10.7. The van der Waals surface area contributed by atoms with Crippen molar-refractivity contribution in [1.82, 2.24) is 10.1 Å². The molecule has 31 heavy (non-hydrogen) atoms. The third kappa shape index (κ3) is 5.64. The molecule has 3 nitrogen and oxygen atoms in total. The van der Waals surface area contributed by atoms with Gasteiger partial charge in [0.1, 0.15) is 0 Å². The van der Waals surface area contributed by atoms with E-state index in [-0.39, 0.29) is 0 Å². The molecule has 0 saturated heterocycles. The molecule has 1 aliphatic rings. The summed E-state index contributed by atoms with van der Waals surface area (Å²) in [5.74, 6) is 3.11. The summed E-state index contributed by atoms with van der Waals surface area (Å²) in [7, 11) is 0. The largest absolute Gasteiger partial charge is 0.334 e. The van der Waals surface area contributed by atoms with Crippen LogP contribution in [0.4, 0.5) is 0 Å². The molecule has 164 valence electrons. The highest BCUT2D eigenvalue weighted by atomic mass is 16.5. The van der Waals surface area contributed by atoms with Crippen LogP contribution in [-0.4, -0.2) is 10.1 Å². The Hall–Kier alpha value is -2.42. The van der Waals surface area contributed by atoms with Crippen molar-refractivity contribution in [3.63, 3.8) is 0 Å². The molecule has 0 atom stereocenters. The Morgan fingerprint density at radius 3 is 2.06 bits per heavy atom. The second-order valence-corrected chi connectivity index (χ2v) is 9.18. The highest BCUT2D eigenvalue weighted by molar-refractivity contribution is 5.67. The molecule has 2 aromatic carbocycles. The molecular weight excluding hydrogens is 380 g/mol. The third-order valence-electron chi connectivity index (χ3n) is 6.85. The van der Waals surface area contributed by atoms with Gasteiger partial charge in [-0.2, -0.15) is 4.98 Å². The molecule has 0 N–H and O–H groups in total. The molecule has 1 aliphatic carbocycles.